The Morgan fingerprint density at radius 1 is 1.50 bits per heavy atom. The van der Waals surface area contributed by atoms with Gasteiger partial charge >= 0.3 is 0 Å². The van der Waals surface area contributed by atoms with Crippen LogP contribution in [0.2, 0.25) is 5.02 Å². The first-order valence-electron chi connectivity index (χ1n) is 5.96. The molecule has 0 aliphatic heterocycles. The highest BCUT2D eigenvalue weighted by molar-refractivity contribution is 6.31. The number of halogens is 1. The van der Waals surface area contributed by atoms with Gasteiger partial charge in [-0.1, -0.05) is 30.7 Å². The van der Waals surface area contributed by atoms with Gasteiger partial charge in [0.15, 0.2) is 0 Å². The summed E-state index contributed by atoms with van der Waals surface area (Å²) in [4.78, 5) is 0. The van der Waals surface area contributed by atoms with Gasteiger partial charge in [-0.3, -0.25) is 0 Å². The van der Waals surface area contributed by atoms with Gasteiger partial charge in [0.25, 0.3) is 0 Å². The number of hydrogen-bond donors (Lipinski definition) is 1. The molecule has 0 bridgehead atoms. The smallest absolute Gasteiger partial charge is 0.0691 e. The molecule has 0 radical (unpaired) electrons. The van der Waals surface area contributed by atoms with Gasteiger partial charge in [-0.2, -0.15) is 0 Å². The number of hydrogen-bond acceptors (Lipinski definition) is 1. The van der Waals surface area contributed by atoms with Crippen LogP contribution in [-0.4, -0.2) is 10.7 Å². The van der Waals surface area contributed by atoms with Gasteiger partial charge in [-0.25, -0.2) is 0 Å². The molecule has 2 atom stereocenters. The van der Waals surface area contributed by atoms with Gasteiger partial charge in [0, 0.05) is 11.4 Å². The van der Waals surface area contributed by atoms with Crippen LogP contribution in [0.25, 0.3) is 0 Å². The molecule has 88 valence electrons. The molecule has 0 spiro atoms. The normalized spacial score (nSPS) is 29.6. The molecule has 0 aromatic heterocycles. The summed E-state index contributed by atoms with van der Waals surface area (Å²) in [5.74, 6) is 0.634. The van der Waals surface area contributed by atoms with Crippen molar-refractivity contribution < 1.29 is 5.11 Å². The molecule has 16 heavy (non-hydrogen) atoms. The molecule has 0 amide bonds. The van der Waals surface area contributed by atoms with E-state index in [1.165, 1.54) is 5.56 Å². The topological polar surface area (TPSA) is 20.2 Å². The summed E-state index contributed by atoms with van der Waals surface area (Å²) < 4.78 is 0. The van der Waals surface area contributed by atoms with E-state index in [9.17, 15) is 5.11 Å². The van der Waals surface area contributed by atoms with Gasteiger partial charge in [0.1, 0.15) is 0 Å². The zero-order chi connectivity index (χ0) is 11.8. The third kappa shape index (κ3) is 2.58. The molecule has 1 aromatic rings. The summed E-state index contributed by atoms with van der Waals surface area (Å²) in [6, 6.07) is 6.07. The summed E-state index contributed by atoms with van der Waals surface area (Å²) in [6.45, 7) is 4.23. The first-order valence-corrected chi connectivity index (χ1v) is 6.34. The maximum atomic E-state index is 10.5. The van der Waals surface area contributed by atoms with Gasteiger partial charge < -0.3 is 5.11 Å². The van der Waals surface area contributed by atoms with E-state index in [-0.39, 0.29) is 0 Å². The first kappa shape index (κ1) is 11.9. The van der Waals surface area contributed by atoms with Crippen molar-refractivity contribution in [2.75, 3.05) is 0 Å². The van der Waals surface area contributed by atoms with Gasteiger partial charge in [0.2, 0.25) is 0 Å². The molecule has 0 saturated heterocycles. The fourth-order valence-electron chi connectivity index (χ4n) is 2.68. The van der Waals surface area contributed by atoms with E-state index < -0.39 is 5.60 Å². The second kappa shape index (κ2) is 4.38. The Balaban J connectivity index is 2.14. The third-order valence-corrected chi connectivity index (χ3v) is 3.91. The second-order valence-electron chi connectivity index (χ2n) is 5.34. The van der Waals surface area contributed by atoms with Crippen LogP contribution in [0.5, 0.6) is 0 Å². The predicted octanol–water partition coefficient (Wildman–Crippen LogP) is 3.74. The standard InChI is InChI=1S/C14H19ClO/c1-10-3-4-12(13(15)7-10)9-14(16)6-5-11(2)8-14/h3-4,7,11,16H,5-6,8-9H2,1-2H3. The highest BCUT2D eigenvalue weighted by Gasteiger charge is 2.35. The molecule has 2 unspecified atom stereocenters. The molecule has 1 saturated carbocycles. The molecule has 1 aromatic carbocycles. The number of benzene rings is 1. The zero-order valence-corrected chi connectivity index (χ0v) is 10.7. The van der Waals surface area contributed by atoms with Gasteiger partial charge in [-0.15, -0.1) is 0 Å². The summed E-state index contributed by atoms with van der Waals surface area (Å²) in [5.41, 5.74) is 1.71. The molecule has 1 aliphatic carbocycles. The molecular weight excluding hydrogens is 220 g/mol. The number of aryl methyl sites for hydroxylation is 1. The Morgan fingerprint density at radius 3 is 2.81 bits per heavy atom. The Morgan fingerprint density at radius 2 is 2.25 bits per heavy atom. The molecule has 1 nitrogen and oxygen atoms in total. The lowest BCUT2D eigenvalue weighted by Crippen LogP contribution is -2.27. The lowest BCUT2D eigenvalue weighted by Gasteiger charge is -2.23. The Hall–Kier alpha value is -0.530. The number of rotatable bonds is 2. The van der Waals surface area contributed by atoms with Crippen LogP contribution < -0.4 is 0 Å². The maximum absolute atomic E-state index is 10.5. The van der Waals surface area contributed by atoms with Crippen molar-refractivity contribution in [3.63, 3.8) is 0 Å². The summed E-state index contributed by atoms with van der Waals surface area (Å²) in [5, 5.41) is 11.2. The van der Waals surface area contributed by atoms with E-state index in [1.807, 2.05) is 19.1 Å². The molecule has 0 heterocycles. The second-order valence-corrected chi connectivity index (χ2v) is 5.75. The minimum Gasteiger partial charge on any atom is -0.390 e. The van der Waals surface area contributed by atoms with Crippen LogP contribution in [0.3, 0.4) is 0 Å². The Kier molecular flexibility index (Phi) is 3.27. The van der Waals surface area contributed by atoms with Crippen LogP contribution in [0.4, 0.5) is 0 Å². The molecule has 1 aliphatic rings. The average molecular weight is 239 g/mol. The lowest BCUT2D eigenvalue weighted by molar-refractivity contribution is 0.0446. The van der Waals surface area contributed by atoms with Gasteiger partial charge in [-0.05, 0) is 49.3 Å². The molecule has 1 fully saturated rings. The van der Waals surface area contributed by atoms with Crippen LogP contribution in [0, 0.1) is 12.8 Å². The minimum atomic E-state index is -0.529. The van der Waals surface area contributed by atoms with E-state index in [0.29, 0.717) is 12.3 Å². The quantitative estimate of drug-likeness (QED) is 0.832. The molecular formula is C14H19ClO. The van der Waals surface area contributed by atoms with E-state index >= 15 is 0 Å². The SMILES string of the molecule is Cc1ccc(CC2(O)CCC(C)C2)c(Cl)c1. The van der Waals surface area contributed by atoms with Crippen molar-refractivity contribution in [1.29, 1.82) is 0 Å². The van der Waals surface area contributed by atoms with E-state index in [4.69, 9.17) is 11.6 Å². The summed E-state index contributed by atoms with van der Waals surface area (Å²) in [6.07, 6.45) is 3.62. The first-order chi connectivity index (χ1) is 7.48. The average Bonchev–Trinajstić information content (AvgIpc) is 2.52. The van der Waals surface area contributed by atoms with Crippen LogP contribution >= 0.6 is 11.6 Å². The monoisotopic (exact) mass is 238 g/mol. The van der Waals surface area contributed by atoms with Crippen molar-refractivity contribution in [3.8, 4) is 0 Å². The van der Waals surface area contributed by atoms with Crippen molar-refractivity contribution in [1.82, 2.24) is 0 Å². The van der Waals surface area contributed by atoms with Crippen molar-refractivity contribution in [3.05, 3.63) is 34.3 Å². The fraction of sp³-hybridized carbons (Fsp3) is 0.571. The lowest BCUT2D eigenvalue weighted by atomic mass is 9.92. The molecule has 2 heteroatoms. The van der Waals surface area contributed by atoms with Crippen LogP contribution in [-0.2, 0) is 6.42 Å². The fourth-order valence-corrected chi connectivity index (χ4v) is 2.98. The van der Waals surface area contributed by atoms with E-state index in [2.05, 4.69) is 13.0 Å². The highest BCUT2D eigenvalue weighted by Crippen LogP contribution is 2.37. The molecule has 2 rings (SSSR count). The molecule has 1 N–H and O–H groups in total. The van der Waals surface area contributed by atoms with E-state index in [1.54, 1.807) is 0 Å². The Bertz CT molecular complexity index is 388. The minimum absolute atomic E-state index is 0.529. The number of aliphatic hydroxyl groups is 1. The van der Waals surface area contributed by atoms with Gasteiger partial charge in [0.05, 0.1) is 5.60 Å². The largest absolute Gasteiger partial charge is 0.390 e. The Labute approximate surface area is 102 Å². The maximum Gasteiger partial charge on any atom is 0.0691 e. The third-order valence-electron chi connectivity index (χ3n) is 3.56. The predicted molar refractivity (Wildman–Crippen MR) is 67.9 cm³/mol. The summed E-state index contributed by atoms with van der Waals surface area (Å²) >= 11 is 6.20. The van der Waals surface area contributed by atoms with Crippen molar-refractivity contribution >= 4 is 11.6 Å². The van der Waals surface area contributed by atoms with Crippen molar-refractivity contribution in [2.24, 2.45) is 5.92 Å². The summed E-state index contributed by atoms with van der Waals surface area (Å²) in [7, 11) is 0. The van der Waals surface area contributed by atoms with E-state index in [0.717, 1.165) is 29.8 Å². The van der Waals surface area contributed by atoms with Crippen LogP contribution in [0.1, 0.15) is 37.3 Å². The van der Waals surface area contributed by atoms with Crippen molar-refractivity contribution in [2.45, 2.75) is 45.1 Å². The zero-order valence-electron chi connectivity index (χ0n) is 9.96. The highest BCUT2D eigenvalue weighted by atomic mass is 35.5. The van der Waals surface area contributed by atoms with Crippen LogP contribution in [0.15, 0.2) is 18.2 Å².